The fourth-order valence-electron chi connectivity index (χ4n) is 4.52. The lowest BCUT2D eigenvalue weighted by molar-refractivity contribution is -0.124. The molecule has 0 aliphatic carbocycles. The van der Waals surface area contributed by atoms with Gasteiger partial charge in [0.25, 0.3) is 5.91 Å². The smallest absolute Gasteiger partial charge is 0.259 e. The third-order valence-corrected chi connectivity index (χ3v) is 7.24. The zero-order valence-corrected chi connectivity index (χ0v) is 20.2. The maximum Gasteiger partial charge on any atom is 0.259 e. The van der Waals surface area contributed by atoms with Crippen LogP contribution in [0.4, 0.5) is 5.69 Å². The van der Waals surface area contributed by atoms with Crippen LogP contribution in [0.5, 0.6) is 0 Å². The van der Waals surface area contributed by atoms with Gasteiger partial charge < -0.3 is 10.3 Å². The maximum absolute atomic E-state index is 13.6. The molecule has 178 valence electrons. The van der Waals surface area contributed by atoms with Gasteiger partial charge in [0.15, 0.2) is 5.17 Å². The van der Waals surface area contributed by atoms with E-state index in [1.807, 2.05) is 85.1 Å². The highest BCUT2D eigenvalue weighted by Gasteiger charge is 2.41. The second-order valence-corrected chi connectivity index (χ2v) is 9.61. The summed E-state index contributed by atoms with van der Waals surface area (Å²) in [4.78, 5) is 40.6. The number of hydrogen-bond acceptors (Lipinski definition) is 5. The number of nitrogens with one attached hydrogen (secondary N) is 2. The largest absolute Gasteiger partial charge is 0.361 e. The number of aromatic nitrogens is 1. The number of carbonyl (C=O) groups excluding carboxylic acids is 2. The zero-order chi connectivity index (χ0) is 24.5. The van der Waals surface area contributed by atoms with E-state index in [0.29, 0.717) is 24.0 Å². The van der Waals surface area contributed by atoms with Crippen molar-refractivity contribution in [2.24, 2.45) is 9.98 Å². The molecule has 0 spiro atoms. The highest BCUT2D eigenvalue weighted by molar-refractivity contribution is 8.14. The van der Waals surface area contributed by atoms with E-state index in [-0.39, 0.29) is 17.6 Å². The standard InChI is InChI=1S/C28H23N5O2S/c34-25(30-15-18-8-2-1-3-9-18)17-36-28-32-23-13-7-5-11-21(23)26-31-24(27(35)33(26)28)14-19-16-29-22-12-6-4-10-20(19)22/h1-13,16,24,29H,14-15,17H2,(H,30,34)/t24-/m0/s1. The predicted molar refractivity (Wildman–Crippen MR) is 143 cm³/mol. The Kier molecular flexibility index (Phi) is 5.87. The molecule has 0 unspecified atom stereocenters. The Morgan fingerprint density at radius 1 is 1.00 bits per heavy atom. The third-order valence-electron chi connectivity index (χ3n) is 6.30. The molecular formula is C28H23N5O2S. The first-order valence-corrected chi connectivity index (χ1v) is 12.7. The summed E-state index contributed by atoms with van der Waals surface area (Å²) in [6, 6.07) is 24.9. The number of para-hydroxylation sites is 2. The molecule has 7 nitrogen and oxygen atoms in total. The molecule has 3 aromatic carbocycles. The SMILES string of the molecule is O=C(CSC1=Nc2ccccc2C2=N[C@@H](Cc3c[nH]c4ccccc34)C(=O)N12)NCc1ccccc1. The van der Waals surface area contributed by atoms with Crippen LogP contribution in [-0.4, -0.2) is 44.5 Å². The number of aromatic amines is 1. The van der Waals surface area contributed by atoms with Crippen molar-refractivity contribution in [3.63, 3.8) is 0 Å². The number of amides is 2. The van der Waals surface area contributed by atoms with E-state index in [1.54, 1.807) is 4.90 Å². The lowest BCUT2D eigenvalue weighted by Gasteiger charge is -2.25. The molecule has 2 aliphatic heterocycles. The number of thioether (sulfide) groups is 1. The zero-order valence-electron chi connectivity index (χ0n) is 19.3. The Bertz CT molecular complexity index is 1530. The molecule has 0 fully saturated rings. The number of nitrogens with zero attached hydrogens (tertiary/aromatic N) is 3. The van der Waals surface area contributed by atoms with Gasteiger partial charge in [0, 0.05) is 35.6 Å². The predicted octanol–water partition coefficient (Wildman–Crippen LogP) is 4.42. The number of carbonyl (C=O) groups is 2. The van der Waals surface area contributed by atoms with Gasteiger partial charge in [-0.3, -0.25) is 14.6 Å². The first-order valence-electron chi connectivity index (χ1n) is 11.8. The van der Waals surface area contributed by atoms with Crippen molar-refractivity contribution in [1.29, 1.82) is 0 Å². The minimum absolute atomic E-state index is 0.120. The number of amidine groups is 2. The Morgan fingerprint density at radius 2 is 1.78 bits per heavy atom. The van der Waals surface area contributed by atoms with Crippen molar-refractivity contribution in [3.8, 4) is 0 Å². The topological polar surface area (TPSA) is 89.9 Å². The summed E-state index contributed by atoms with van der Waals surface area (Å²) >= 11 is 1.25. The number of aliphatic imine (C=N–C) groups is 2. The lowest BCUT2D eigenvalue weighted by atomic mass is 10.1. The molecule has 1 atom stereocenters. The third kappa shape index (κ3) is 4.20. The molecule has 8 heteroatoms. The molecule has 4 aromatic rings. The average Bonchev–Trinajstić information content (AvgIpc) is 3.48. The van der Waals surface area contributed by atoms with Gasteiger partial charge in [0.2, 0.25) is 5.91 Å². The fourth-order valence-corrected chi connectivity index (χ4v) is 5.35. The molecule has 0 bridgehead atoms. The molecular weight excluding hydrogens is 470 g/mol. The van der Waals surface area contributed by atoms with Crippen LogP contribution in [0.1, 0.15) is 16.7 Å². The van der Waals surface area contributed by atoms with Crippen molar-refractivity contribution < 1.29 is 9.59 Å². The Morgan fingerprint density at radius 3 is 2.67 bits per heavy atom. The summed E-state index contributed by atoms with van der Waals surface area (Å²) in [6.45, 7) is 0.456. The van der Waals surface area contributed by atoms with Crippen molar-refractivity contribution in [2.45, 2.75) is 19.0 Å². The highest BCUT2D eigenvalue weighted by atomic mass is 32.2. The van der Waals surface area contributed by atoms with Crippen molar-refractivity contribution >= 4 is 51.2 Å². The molecule has 0 saturated heterocycles. The summed E-state index contributed by atoms with van der Waals surface area (Å²) in [5.41, 5.74) is 4.69. The maximum atomic E-state index is 13.6. The summed E-state index contributed by atoms with van der Waals surface area (Å²) < 4.78 is 0. The van der Waals surface area contributed by atoms with Crippen LogP contribution in [0.3, 0.4) is 0 Å². The first kappa shape index (κ1) is 22.3. The van der Waals surface area contributed by atoms with Crippen LogP contribution >= 0.6 is 11.8 Å². The molecule has 36 heavy (non-hydrogen) atoms. The quantitative estimate of drug-likeness (QED) is 0.417. The van der Waals surface area contributed by atoms with Crippen LogP contribution < -0.4 is 5.32 Å². The van der Waals surface area contributed by atoms with Gasteiger partial charge in [-0.05, 0) is 29.3 Å². The Labute approximate surface area is 212 Å². The van der Waals surface area contributed by atoms with E-state index in [0.717, 1.165) is 33.3 Å². The summed E-state index contributed by atoms with van der Waals surface area (Å²) in [6.07, 6.45) is 2.44. The molecule has 3 heterocycles. The van der Waals surface area contributed by atoms with Gasteiger partial charge in [-0.2, -0.15) is 0 Å². The second-order valence-electron chi connectivity index (χ2n) is 8.67. The Hall–Kier alpha value is -4.17. The fraction of sp³-hybridized carbons (Fsp3) is 0.143. The lowest BCUT2D eigenvalue weighted by Crippen LogP contribution is -2.42. The van der Waals surface area contributed by atoms with Crippen molar-refractivity contribution in [1.82, 2.24) is 15.2 Å². The minimum atomic E-state index is -0.553. The van der Waals surface area contributed by atoms with Crippen molar-refractivity contribution in [3.05, 3.63) is 102 Å². The van der Waals surface area contributed by atoms with Gasteiger partial charge in [0.05, 0.1) is 11.4 Å². The second kappa shape index (κ2) is 9.47. The van der Waals surface area contributed by atoms with Gasteiger partial charge in [0.1, 0.15) is 11.9 Å². The van der Waals surface area contributed by atoms with Crippen LogP contribution in [0, 0.1) is 0 Å². The normalized spacial score (nSPS) is 16.4. The molecule has 6 rings (SSSR count). The van der Waals surface area contributed by atoms with Gasteiger partial charge in [-0.1, -0.05) is 72.4 Å². The monoisotopic (exact) mass is 493 g/mol. The highest BCUT2D eigenvalue weighted by Crippen LogP contribution is 2.34. The number of fused-ring (bicyclic) bond motifs is 4. The number of hydrogen-bond donors (Lipinski definition) is 2. The minimum Gasteiger partial charge on any atom is -0.361 e. The molecule has 2 N–H and O–H groups in total. The Balaban J connectivity index is 1.22. The molecule has 0 saturated carbocycles. The molecule has 2 aliphatic rings. The average molecular weight is 494 g/mol. The van der Waals surface area contributed by atoms with E-state index in [1.165, 1.54) is 11.8 Å². The van der Waals surface area contributed by atoms with E-state index in [4.69, 9.17) is 9.98 Å². The number of rotatable bonds is 6. The molecule has 0 radical (unpaired) electrons. The molecule has 2 amide bonds. The van der Waals surface area contributed by atoms with Crippen LogP contribution in [0.25, 0.3) is 10.9 Å². The summed E-state index contributed by atoms with van der Waals surface area (Å²) in [5.74, 6) is 0.507. The van der Waals surface area contributed by atoms with Gasteiger partial charge >= 0.3 is 0 Å². The van der Waals surface area contributed by atoms with E-state index >= 15 is 0 Å². The van der Waals surface area contributed by atoms with E-state index in [2.05, 4.69) is 10.3 Å². The first-order chi connectivity index (χ1) is 17.7. The summed E-state index contributed by atoms with van der Waals surface area (Å²) in [7, 11) is 0. The van der Waals surface area contributed by atoms with Gasteiger partial charge in [-0.25, -0.2) is 9.89 Å². The van der Waals surface area contributed by atoms with Crippen LogP contribution in [0.2, 0.25) is 0 Å². The van der Waals surface area contributed by atoms with E-state index in [9.17, 15) is 9.59 Å². The van der Waals surface area contributed by atoms with E-state index < -0.39 is 6.04 Å². The number of benzene rings is 3. The van der Waals surface area contributed by atoms with Crippen LogP contribution in [0.15, 0.2) is 95.0 Å². The van der Waals surface area contributed by atoms with Crippen LogP contribution in [-0.2, 0) is 22.6 Å². The summed E-state index contributed by atoms with van der Waals surface area (Å²) in [5, 5.41) is 4.50. The van der Waals surface area contributed by atoms with Gasteiger partial charge in [-0.15, -0.1) is 0 Å². The molecule has 1 aromatic heterocycles. The number of H-pyrrole nitrogens is 1. The van der Waals surface area contributed by atoms with Crippen molar-refractivity contribution in [2.75, 3.05) is 5.75 Å².